The normalized spacial score (nSPS) is 11.1. The van der Waals surface area contributed by atoms with Crippen LogP contribution in [0.2, 0.25) is 0 Å². The topological polar surface area (TPSA) is 89.3 Å². The van der Waals surface area contributed by atoms with Crippen molar-refractivity contribution in [2.45, 2.75) is 4.90 Å². The van der Waals surface area contributed by atoms with Crippen LogP contribution in [0.4, 0.5) is 15.8 Å². The third-order valence-corrected chi connectivity index (χ3v) is 4.58. The number of hydrogen-bond acceptors (Lipinski definition) is 4. The Morgan fingerprint density at radius 1 is 1.19 bits per heavy atom. The third-order valence-electron chi connectivity index (χ3n) is 2.49. The lowest BCUT2D eigenvalue weighted by molar-refractivity contribution is -0.385. The van der Waals surface area contributed by atoms with E-state index in [0.29, 0.717) is 6.07 Å². The van der Waals surface area contributed by atoms with Gasteiger partial charge in [-0.2, -0.15) is 0 Å². The van der Waals surface area contributed by atoms with Gasteiger partial charge in [0.2, 0.25) is 0 Å². The summed E-state index contributed by atoms with van der Waals surface area (Å²) in [4.78, 5) is 9.07. The Morgan fingerprint density at radius 3 is 2.48 bits per heavy atom. The Labute approximate surface area is 133 Å². The fourth-order valence-electron chi connectivity index (χ4n) is 1.58. The number of sulfonamides is 1. The summed E-state index contributed by atoms with van der Waals surface area (Å²) in [5.41, 5.74) is -0.236. The molecule has 0 spiro atoms. The Kier molecular flexibility index (Phi) is 4.42. The first-order valence-electron chi connectivity index (χ1n) is 5.52. The number of hydrogen-bond donors (Lipinski definition) is 1. The summed E-state index contributed by atoms with van der Waals surface area (Å²) in [6.45, 7) is 0. The van der Waals surface area contributed by atoms with Gasteiger partial charge in [0, 0.05) is 15.3 Å². The average Bonchev–Trinajstić information content (AvgIpc) is 2.37. The van der Waals surface area contributed by atoms with Crippen LogP contribution in [0.1, 0.15) is 0 Å². The fraction of sp³-hybridized carbons (Fsp3) is 0. The molecule has 0 atom stereocenters. The van der Waals surface area contributed by atoms with Gasteiger partial charge in [0.05, 0.1) is 11.0 Å². The summed E-state index contributed by atoms with van der Waals surface area (Å²) in [7, 11) is -4.15. The highest BCUT2D eigenvalue weighted by Gasteiger charge is 2.21. The molecule has 0 radical (unpaired) electrons. The number of halogens is 2. The molecule has 110 valence electrons. The van der Waals surface area contributed by atoms with Gasteiger partial charge in [0.1, 0.15) is 4.90 Å². The lowest BCUT2D eigenvalue weighted by atomic mass is 10.3. The van der Waals surface area contributed by atoms with Crippen LogP contribution >= 0.6 is 22.6 Å². The van der Waals surface area contributed by atoms with Gasteiger partial charge in [0.25, 0.3) is 15.7 Å². The van der Waals surface area contributed by atoms with E-state index >= 15 is 0 Å². The average molecular weight is 422 g/mol. The number of non-ortho nitro benzene ring substituents is 1. The monoisotopic (exact) mass is 422 g/mol. The van der Waals surface area contributed by atoms with E-state index in [2.05, 4.69) is 4.72 Å². The van der Waals surface area contributed by atoms with E-state index in [0.717, 1.165) is 15.7 Å². The Morgan fingerprint density at radius 2 is 1.90 bits per heavy atom. The van der Waals surface area contributed by atoms with Crippen molar-refractivity contribution in [2.75, 3.05) is 4.72 Å². The molecule has 9 heteroatoms. The SMILES string of the molecule is O=[N+]([O-])c1ccc(S(=O)(=O)Nc2cccc(I)c2)c(F)c1. The van der Waals surface area contributed by atoms with Gasteiger partial charge in [-0.1, -0.05) is 6.07 Å². The van der Waals surface area contributed by atoms with E-state index in [-0.39, 0.29) is 5.69 Å². The summed E-state index contributed by atoms with van der Waals surface area (Å²) in [6.07, 6.45) is 0. The predicted octanol–water partition coefficient (Wildman–Crippen LogP) is 3.14. The molecule has 1 N–H and O–H groups in total. The second kappa shape index (κ2) is 5.93. The third kappa shape index (κ3) is 3.67. The van der Waals surface area contributed by atoms with E-state index in [1.54, 1.807) is 18.2 Å². The summed E-state index contributed by atoms with van der Waals surface area (Å²) >= 11 is 2.01. The Bertz CT molecular complexity index is 811. The van der Waals surface area contributed by atoms with Crippen LogP contribution < -0.4 is 4.72 Å². The highest BCUT2D eigenvalue weighted by atomic mass is 127. The number of anilines is 1. The minimum Gasteiger partial charge on any atom is -0.280 e. The number of nitro benzene ring substituents is 1. The van der Waals surface area contributed by atoms with E-state index in [1.165, 1.54) is 6.07 Å². The largest absolute Gasteiger partial charge is 0.280 e. The van der Waals surface area contributed by atoms with Crippen molar-refractivity contribution in [1.29, 1.82) is 0 Å². The number of nitrogens with zero attached hydrogens (tertiary/aromatic N) is 1. The summed E-state index contributed by atoms with van der Waals surface area (Å²) in [6, 6.07) is 8.88. The molecule has 2 aromatic carbocycles. The number of nitro groups is 1. The van der Waals surface area contributed by atoms with Crippen LogP contribution in [0, 0.1) is 19.5 Å². The minimum absolute atomic E-state index is 0.277. The molecule has 2 rings (SSSR count). The van der Waals surface area contributed by atoms with Gasteiger partial charge in [-0.15, -0.1) is 0 Å². The van der Waals surface area contributed by atoms with Crippen LogP contribution in [0.5, 0.6) is 0 Å². The molecule has 0 bridgehead atoms. The van der Waals surface area contributed by atoms with Crippen molar-refractivity contribution in [3.05, 3.63) is 62.0 Å². The maximum atomic E-state index is 13.8. The lowest BCUT2D eigenvalue weighted by Gasteiger charge is -2.09. The van der Waals surface area contributed by atoms with E-state index in [4.69, 9.17) is 0 Å². The molecule has 0 aliphatic heterocycles. The van der Waals surface area contributed by atoms with Crippen LogP contribution in [-0.4, -0.2) is 13.3 Å². The second-order valence-corrected chi connectivity index (χ2v) is 6.88. The second-order valence-electron chi connectivity index (χ2n) is 3.99. The first kappa shape index (κ1) is 15.6. The number of benzene rings is 2. The molecule has 0 aliphatic carbocycles. The fourth-order valence-corrected chi connectivity index (χ4v) is 3.24. The van der Waals surface area contributed by atoms with Gasteiger partial charge < -0.3 is 0 Å². The zero-order valence-electron chi connectivity index (χ0n) is 10.3. The van der Waals surface area contributed by atoms with Crippen molar-refractivity contribution in [3.63, 3.8) is 0 Å². The van der Waals surface area contributed by atoms with E-state index in [1.807, 2.05) is 22.6 Å². The van der Waals surface area contributed by atoms with Gasteiger partial charge in [0.15, 0.2) is 5.82 Å². The van der Waals surface area contributed by atoms with Crippen LogP contribution in [0.3, 0.4) is 0 Å². The molecule has 6 nitrogen and oxygen atoms in total. The Balaban J connectivity index is 2.38. The minimum atomic E-state index is -4.15. The molecule has 0 aliphatic rings. The van der Waals surface area contributed by atoms with E-state index < -0.39 is 31.3 Å². The Hall–Kier alpha value is -1.75. The lowest BCUT2D eigenvalue weighted by Crippen LogP contribution is -2.14. The molecule has 0 saturated heterocycles. The molecular weight excluding hydrogens is 414 g/mol. The molecule has 0 amide bonds. The summed E-state index contributed by atoms with van der Waals surface area (Å²) in [5.74, 6) is -1.18. The maximum absolute atomic E-state index is 13.8. The standard InChI is InChI=1S/C12H8FIN2O4S/c13-11-7-10(16(17)18)4-5-12(11)21(19,20)15-9-3-1-2-8(14)6-9/h1-7,15H. The first-order chi connectivity index (χ1) is 9.79. The molecule has 0 fully saturated rings. The van der Waals surface area contributed by atoms with Crippen molar-refractivity contribution < 1.29 is 17.7 Å². The van der Waals surface area contributed by atoms with Crippen molar-refractivity contribution in [1.82, 2.24) is 0 Å². The molecule has 0 saturated carbocycles. The highest BCUT2D eigenvalue weighted by molar-refractivity contribution is 14.1. The van der Waals surface area contributed by atoms with Crippen molar-refractivity contribution in [3.8, 4) is 0 Å². The maximum Gasteiger partial charge on any atom is 0.272 e. The summed E-state index contributed by atoms with van der Waals surface area (Å²) in [5, 5.41) is 10.5. The predicted molar refractivity (Wildman–Crippen MR) is 83.0 cm³/mol. The highest BCUT2D eigenvalue weighted by Crippen LogP contribution is 2.23. The van der Waals surface area contributed by atoms with Gasteiger partial charge in [-0.05, 0) is 46.9 Å². The van der Waals surface area contributed by atoms with Crippen molar-refractivity contribution in [2.24, 2.45) is 0 Å². The molecule has 0 heterocycles. The number of nitrogens with one attached hydrogen (secondary N) is 1. The number of rotatable bonds is 4. The zero-order chi connectivity index (χ0) is 15.6. The molecule has 0 unspecified atom stereocenters. The van der Waals surface area contributed by atoms with Gasteiger partial charge in [-0.25, -0.2) is 12.8 Å². The van der Waals surface area contributed by atoms with Crippen LogP contribution in [-0.2, 0) is 10.0 Å². The smallest absolute Gasteiger partial charge is 0.272 e. The van der Waals surface area contributed by atoms with Gasteiger partial charge >= 0.3 is 0 Å². The summed E-state index contributed by atoms with van der Waals surface area (Å²) < 4.78 is 41.0. The van der Waals surface area contributed by atoms with E-state index in [9.17, 15) is 22.9 Å². The van der Waals surface area contributed by atoms with Crippen LogP contribution in [0.25, 0.3) is 0 Å². The molecule has 0 aromatic heterocycles. The van der Waals surface area contributed by atoms with Crippen LogP contribution in [0.15, 0.2) is 47.4 Å². The van der Waals surface area contributed by atoms with Gasteiger partial charge in [-0.3, -0.25) is 14.8 Å². The molecule has 2 aromatic rings. The zero-order valence-corrected chi connectivity index (χ0v) is 13.3. The van der Waals surface area contributed by atoms with Crippen molar-refractivity contribution >= 4 is 44.0 Å². The molecule has 21 heavy (non-hydrogen) atoms. The quantitative estimate of drug-likeness (QED) is 0.466. The molecular formula is C12H8FIN2O4S. The first-order valence-corrected chi connectivity index (χ1v) is 8.08.